The quantitative estimate of drug-likeness (QED) is 0.510. The maximum Gasteiger partial charge on any atom is 0.270 e. The Morgan fingerprint density at radius 1 is 1.20 bits per heavy atom. The summed E-state index contributed by atoms with van der Waals surface area (Å²) in [5, 5.41) is 14.1. The van der Waals surface area contributed by atoms with Crippen molar-refractivity contribution in [2.24, 2.45) is 0 Å². The van der Waals surface area contributed by atoms with Crippen molar-refractivity contribution in [2.45, 2.75) is 26.2 Å². The molecule has 0 saturated carbocycles. The number of anilines is 1. The number of unbranched alkanes of at least 4 members (excludes halogenated alkanes) is 1. The molecule has 0 unspecified atom stereocenters. The van der Waals surface area contributed by atoms with Crippen LogP contribution in [0.15, 0.2) is 53.1 Å². The number of nitrogens with one attached hydrogen (secondary N) is 1. The maximum atomic E-state index is 12.5. The second-order valence-electron chi connectivity index (χ2n) is 5.84. The molecule has 3 rings (SSSR count). The Hall–Kier alpha value is -3.15. The van der Waals surface area contributed by atoms with Crippen LogP contribution in [0.4, 0.5) is 11.4 Å². The molecular weight excluding hydrogens is 320 g/mol. The summed E-state index contributed by atoms with van der Waals surface area (Å²) in [6.45, 7) is 2.15. The minimum absolute atomic E-state index is 0.0803. The normalized spacial score (nSPS) is 10.8. The van der Waals surface area contributed by atoms with Crippen molar-refractivity contribution in [3.05, 3.63) is 70.0 Å². The molecule has 25 heavy (non-hydrogen) atoms. The SMILES string of the molecule is CCCCc1ccc(NC(=O)c2coc3ccc([N+](=O)[O-])cc23)cc1. The maximum absolute atomic E-state index is 12.5. The average molecular weight is 338 g/mol. The zero-order chi connectivity index (χ0) is 17.8. The molecule has 1 amide bonds. The van der Waals surface area contributed by atoms with Gasteiger partial charge in [-0.15, -0.1) is 0 Å². The van der Waals surface area contributed by atoms with Crippen LogP contribution in [-0.2, 0) is 6.42 Å². The molecular formula is C19H18N2O4. The minimum atomic E-state index is -0.497. The van der Waals surface area contributed by atoms with E-state index in [1.165, 1.54) is 30.0 Å². The fourth-order valence-corrected chi connectivity index (χ4v) is 2.64. The Balaban J connectivity index is 1.80. The number of hydrogen-bond acceptors (Lipinski definition) is 4. The van der Waals surface area contributed by atoms with Gasteiger partial charge in [0.1, 0.15) is 11.8 Å². The number of furan rings is 1. The van der Waals surface area contributed by atoms with E-state index in [0.29, 0.717) is 16.7 Å². The van der Waals surface area contributed by atoms with Crippen LogP contribution < -0.4 is 5.32 Å². The Kier molecular flexibility index (Phi) is 4.79. The monoisotopic (exact) mass is 338 g/mol. The highest BCUT2D eigenvalue weighted by molar-refractivity contribution is 6.12. The molecule has 0 radical (unpaired) electrons. The largest absolute Gasteiger partial charge is 0.463 e. The van der Waals surface area contributed by atoms with Crippen LogP contribution in [0.25, 0.3) is 11.0 Å². The number of benzene rings is 2. The number of rotatable bonds is 6. The number of nitro benzene ring substituents is 1. The topological polar surface area (TPSA) is 85.4 Å². The van der Waals surface area contributed by atoms with Gasteiger partial charge in [-0.05, 0) is 36.6 Å². The number of nitrogens with zero attached hydrogens (tertiary/aromatic N) is 1. The smallest absolute Gasteiger partial charge is 0.270 e. The fourth-order valence-electron chi connectivity index (χ4n) is 2.64. The summed E-state index contributed by atoms with van der Waals surface area (Å²) in [5.74, 6) is -0.361. The fraction of sp³-hybridized carbons (Fsp3) is 0.211. The number of non-ortho nitro benzene ring substituents is 1. The van der Waals surface area contributed by atoms with Crippen molar-refractivity contribution in [3.63, 3.8) is 0 Å². The first-order chi connectivity index (χ1) is 12.1. The molecule has 6 heteroatoms. The van der Waals surface area contributed by atoms with E-state index in [2.05, 4.69) is 12.2 Å². The molecule has 1 aromatic heterocycles. The van der Waals surface area contributed by atoms with E-state index in [1.807, 2.05) is 24.3 Å². The molecule has 0 aliphatic carbocycles. The molecule has 2 aromatic carbocycles. The number of amides is 1. The van der Waals surface area contributed by atoms with E-state index in [-0.39, 0.29) is 17.2 Å². The first kappa shape index (κ1) is 16.7. The van der Waals surface area contributed by atoms with Gasteiger partial charge in [0.05, 0.1) is 10.5 Å². The number of carbonyl (C=O) groups is 1. The summed E-state index contributed by atoms with van der Waals surface area (Å²) in [4.78, 5) is 22.9. The summed E-state index contributed by atoms with van der Waals surface area (Å²) < 4.78 is 5.32. The Morgan fingerprint density at radius 3 is 2.64 bits per heavy atom. The van der Waals surface area contributed by atoms with Gasteiger partial charge in [-0.2, -0.15) is 0 Å². The van der Waals surface area contributed by atoms with E-state index in [0.717, 1.165) is 19.3 Å². The van der Waals surface area contributed by atoms with Crippen LogP contribution in [0.1, 0.15) is 35.7 Å². The van der Waals surface area contributed by atoms with E-state index in [1.54, 1.807) is 0 Å². The van der Waals surface area contributed by atoms with Gasteiger partial charge in [0.25, 0.3) is 11.6 Å². The highest BCUT2D eigenvalue weighted by Gasteiger charge is 2.17. The summed E-state index contributed by atoms with van der Waals surface area (Å²) in [6.07, 6.45) is 4.60. The van der Waals surface area contributed by atoms with Crippen LogP contribution in [0.2, 0.25) is 0 Å². The zero-order valence-electron chi connectivity index (χ0n) is 13.8. The predicted molar refractivity (Wildman–Crippen MR) is 95.9 cm³/mol. The van der Waals surface area contributed by atoms with E-state index < -0.39 is 4.92 Å². The van der Waals surface area contributed by atoms with Gasteiger partial charge in [-0.25, -0.2) is 0 Å². The van der Waals surface area contributed by atoms with Gasteiger partial charge in [0, 0.05) is 23.2 Å². The molecule has 0 atom stereocenters. The number of aryl methyl sites for hydroxylation is 1. The van der Waals surface area contributed by atoms with Gasteiger partial charge in [-0.1, -0.05) is 25.5 Å². The third kappa shape index (κ3) is 3.68. The van der Waals surface area contributed by atoms with Gasteiger partial charge in [-0.3, -0.25) is 14.9 Å². The predicted octanol–water partition coefficient (Wildman–Crippen LogP) is 4.94. The number of nitro groups is 1. The number of carbonyl (C=O) groups excluding carboxylic acids is 1. The molecule has 6 nitrogen and oxygen atoms in total. The van der Waals surface area contributed by atoms with Crippen LogP contribution in [0.5, 0.6) is 0 Å². The second kappa shape index (κ2) is 7.17. The summed E-state index contributed by atoms with van der Waals surface area (Å²) in [6, 6.07) is 11.9. The molecule has 0 saturated heterocycles. The van der Waals surface area contributed by atoms with E-state index in [4.69, 9.17) is 4.42 Å². The zero-order valence-corrected chi connectivity index (χ0v) is 13.8. The van der Waals surface area contributed by atoms with Crippen molar-refractivity contribution < 1.29 is 14.1 Å². The van der Waals surface area contributed by atoms with Crippen LogP contribution in [0, 0.1) is 10.1 Å². The first-order valence-corrected chi connectivity index (χ1v) is 8.14. The highest BCUT2D eigenvalue weighted by atomic mass is 16.6. The standard InChI is InChI=1S/C19H18N2O4/c1-2-3-4-13-5-7-14(8-6-13)20-19(22)17-12-25-18-10-9-15(21(23)24)11-16(17)18/h5-12H,2-4H2,1H3,(H,20,22). The Morgan fingerprint density at radius 2 is 1.96 bits per heavy atom. The van der Waals surface area contributed by atoms with Crippen molar-refractivity contribution in [3.8, 4) is 0 Å². The first-order valence-electron chi connectivity index (χ1n) is 8.14. The minimum Gasteiger partial charge on any atom is -0.463 e. The molecule has 3 aromatic rings. The summed E-state index contributed by atoms with van der Waals surface area (Å²) in [5.41, 5.74) is 2.52. The van der Waals surface area contributed by atoms with E-state index in [9.17, 15) is 14.9 Å². The van der Waals surface area contributed by atoms with Gasteiger partial charge in [0.15, 0.2) is 0 Å². The third-order valence-electron chi connectivity index (χ3n) is 4.04. The van der Waals surface area contributed by atoms with Crippen molar-refractivity contribution in [2.75, 3.05) is 5.32 Å². The third-order valence-corrected chi connectivity index (χ3v) is 4.04. The Bertz CT molecular complexity index is 913. The lowest BCUT2D eigenvalue weighted by molar-refractivity contribution is -0.384. The Labute approximate surface area is 144 Å². The molecule has 0 aliphatic rings. The average Bonchev–Trinajstić information content (AvgIpc) is 3.04. The van der Waals surface area contributed by atoms with Gasteiger partial charge in [0.2, 0.25) is 0 Å². The molecule has 0 aliphatic heterocycles. The number of fused-ring (bicyclic) bond motifs is 1. The van der Waals surface area contributed by atoms with Crippen LogP contribution in [-0.4, -0.2) is 10.8 Å². The second-order valence-corrected chi connectivity index (χ2v) is 5.84. The van der Waals surface area contributed by atoms with Crippen LogP contribution >= 0.6 is 0 Å². The summed E-state index contributed by atoms with van der Waals surface area (Å²) in [7, 11) is 0. The molecule has 0 fully saturated rings. The van der Waals surface area contributed by atoms with Crippen molar-refractivity contribution >= 4 is 28.3 Å². The van der Waals surface area contributed by atoms with Crippen LogP contribution in [0.3, 0.4) is 0 Å². The molecule has 128 valence electrons. The lowest BCUT2D eigenvalue weighted by atomic mass is 10.1. The highest BCUT2D eigenvalue weighted by Crippen LogP contribution is 2.26. The summed E-state index contributed by atoms with van der Waals surface area (Å²) >= 11 is 0. The van der Waals surface area contributed by atoms with E-state index >= 15 is 0 Å². The molecule has 0 spiro atoms. The lowest BCUT2D eigenvalue weighted by Gasteiger charge is -2.06. The molecule has 1 heterocycles. The lowest BCUT2D eigenvalue weighted by Crippen LogP contribution is -2.11. The number of hydrogen-bond donors (Lipinski definition) is 1. The van der Waals surface area contributed by atoms with Crippen molar-refractivity contribution in [1.29, 1.82) is 0 Å². The van der Waals surface area contributed by atoms with Crippen molar-refractivity contribution in [1.82, 2.24) is 0 Å². The van der Waals surface area contributed by atoms with Gasteiger partial charge < -0.3 is 9.73 Å². The van der Waals surface area contributed by atoms with Gasteiger partial charge >= 0.3 is 0 Å². The molecule has 0 bridgehead atoms. The molecule has 1 N–H and O–H groups in total.